The zero-order valence-electron chi connectivity index (χ0n) is 11.1. The topological polar surface area (TPSA) is 32.7 Å². The molecule has 1 aliphatic heterocycles. The van der Waals surface area contributed by atoms with Crippen LogP contribution in [0.5, 0.6) is 0 Å². The molecule has 2 rings (SSSR count). The number of aliphatic hydroxyl groups excluding tert-OH is 1. The second-order valence-corrected chi connectivity index (χ2v) is 4.88. The standard InChI is InChI=1S/C14H18F3NO2/c15-14(16,17)12-3-1-11(2-4-12)13(19)5-6-18-7-9-20-10-8-18/h1-4,13,19H,5-10H2. The lowest BCUT2D eigenvalue weighted by atomic mass is 10.0. The van der Waals surface area contributed by atoms with Gasteiger partial charge < -0.3 is 9.84 Å². The molecule has 1 fully saturated rings. The van der Waals surface area contributed by atoms with E-state index in [1.54, 1.807) is 0 Å². The van der Waals surface area contributed by atoms with Crippen molar-refractivity contribution >= 4 is 0 Å². The smallest absolute Gasteiger partial charge is 0.388 e. The van der Waals surface area contributed by atoms with Crippen LogP contribution in [0, 0.1) is 0 Å². The number of alkyl halides is 3. The molecule has 1 aromatic rings. The number of halogens is 3. The number of hydrogen-bond acceptors (Lipinski definition) is 3. The van der Waals surface area contributed by atoms with Crippen LogP contribution in [0.1, 0.15) is 23.7 Å². The van der Waals surface area contributed by atoms with Crippen molar-refractivity contribution in [1.29, 1.82) is 0 Å². The zero-order chi connectivity index (χ0) is 14.6. The number of ether oxygens (including phenoxy) is 1. The lowest BCUT2D eigenvalue weighted by Gasteiger charge is -2.27. The van der Waals surface area contributed by atoms with Gasteiger partial charge in [0, 0.05) is 19.6 Å². The van der Waals surface area contributed by atoms with Gasteiger partial charge in [-0.1, -0.05) is 12.1 Å². The minimum Gasteiger partial charge on any atom is -0.388 e. The van der Waals surface area contributed by atoms with E-state index in [1.165, 1.54) is 12.1 Å². The zero-order valence-corrected chi connectivity index (χ0v) is 11.1. The van der Waals surface area contributed by atoms with Gasteiger partial charge in [0.15, 0.2) is 0 Å². The number of rotatable bonds is 4. The molecule has 1 N–H and O–H groups in total. The highest BCUT2D eigenvalue weighted by Gasteiger charge is 2.30. The molecule has 112 valence electrons. The molecule has 6 heteroatoms. The van der Waals surface area contributed by atoms with Crippen molar-refractivity contribution in [3.05, 3.63) is 35.4 Å². The van der Waals surface area contributed by atoms with Crippen molar-refractivity contribution in [2.45, 2.75) is 18.7 Å². The van der Waals surface area contributed by atoms with Gasteiger partial charge in [0.25, 0.3) is 0 Å². The third kappa shape index (κ3) is 4.19. The van der Waals surface area contributed by atoms with Gasteiger partial charge in [-0.05, 0) is 24.1 Å². The van der Waals surface area contributed by atoms with Crippen molar-refractivity contribution < 1.29 is 23.0 Å². The van der Waals surface area contributed by atoms with Crippen LogP contribution in [0.3, 0.4) is 0 Å². The second kappa shape index (κ2) is 6.56. The summed E-state index contributed by atoms with van der Waals surface area (Å²) in [6.45, 7) is 3.76. The van der Waals surface area contributed by atoms with Crippen molar-refractivity contribution in [2.75, 3.05) is 32.8 Å². The minimum atomic E-state index is -4.34. The maximum absolute atomic E-state index is 12.4. The van der Waals surface area contributed by atoms with Crippen LogP contribution >= 0.6 is 0 Å². The minimum absolute atomic E-state index is 0.505. The molecule has 0 aromatic heterocycles. The molecule has 1 aromatic carbocycles. The lowest BCUT2D eigenvalue weighted by molar-refractivity contribution is -0.137. The van der Waals surface area contributed by atoms with Gasteiger partial charge in [-0.3, -0.25) is 4.90 Å². The van der Waals surface area contributed by atoms with E-state index in [9.17, 15) is 18.3 Å². The maximum Gasteiger partial charge on any atom is 0.416 e. The summed E-state index contributed by atoms with van der Waals surface area (Å²) in [6.07, 6.45) is -4.57. The summed E-state index contributed by atoms with van der Waals surface area (Å²) in [6, 6.07) is 4.69. The number of morpholine rings is 1. The Kier molecular flexibility index (Phi) is 5.01. The average Bonchev–Trinajstić information content (AvgIpc) is 2.45. The second-order valence-electron chi connectivity index (χ2n) is 4.88. The van der Waals surface area contributed by atoms with Crippen molar-refractivity contribution in [3.63, 3.8) is 0 Å². The van der Waals surface area contributed by atoms with Crippen molar-refractivity contribution in [1.82, 2.24) is 4.90 Å². The first-order valence-corrected chi connectivity index (χ1v) is 6.62. The van der Waals surface area contributed by atoms with E-state index in [-0.39, 0.29) is 0 Å². The Morgan fingerprint density at radius 3 is 2.30 bits per heavy atom. The van der Waals surface area contributed by atoms with E-state index in [2.05, 4.69) is 4.90 Å². The summed E-state index contributed by atoms with van der Waals surface area (Å²) in [5, 5.41) is 10.0. The average molecular weight is 289 g/mol. The predicted octanol–water partition coefficient (Wildman–Crippen LogP) is 2.46. The Hall–Kier alpha value is -1.11. The SMILES string of the molecule is OC(CCN1CCOCC1)c1ccc(C(F)(F)F)cc1. The highest BCUT2D eigenvalue weighted by Crippen LogP contribution is 2.30. The molecule has 3 nitrogen and oxygen atoms in total. The van der Waals surface area contributed by atoms with Gasteiger partial charge in [0.05, 0.1) is 24.9 Å². The molecule has 0 bridgehead atoms. The van der Waals surface area contributed by atoms with E-state index in [4.69, 9.17) is 4.74 Å². The Bertz CT molecular complexity index is 413. The van der Waals surface area contributed by atoms with Crippen molar-refractivity contribution in [2.24, 2.45) is 0 Å². The Morgan fingerprint density at radius 1 is 1.15 bits per heavy atom. The molecule has 1 saturated heterocycles. The van der Waals surface area contributed by atoms with Crippen LogP contribution in [0.15, 0.2) is 24.3 Å². The summed E-state index contributed by atoms with van der Waals surface area (Å²) >= 11 is 0. The van der Waals surface area contributed by atoms with E-state index in [0.29, 0.717) is 31.7 Å². The molecule has 0 saturated carbocycles. The molecule has 0 radical (unpaired) electrons. The molecule has 20 heavy (non-hydrogen) atoms. The first-order chi connectivity index (χ1) is 9.47. The third-order valence-electron chi connectivity index (χ3n) is 3.45. The van der Waals surface area contributed by atoms with Gasteiger partial charge in [-0.2, -0.15) is 13.2 Å². The van der Waals surface area contributed by atoms with Gasteiger partial charge in [-0.15, -0.1) is 0 Å². The monoisotopic (exact) mass is 289 g/mol. The summed E-state index contributed by atoms with van der Waals surface area (Å²) in [5.41, 5.74) is -0.173. The van der Waals surface area contributed by atoms with Crippen LogP contribution in [0.4, 0.5) is 13.2 Å². The fraction of sp³-hybridized carbons (Fsp3) is 0.571. The van der Waals surface area contributed by atoms with Gasteiger partial charge in [0.2, 0.25) is 0 Å². The van der Waals surface area contributed by atoms with Crippen LogP contribution in [0.2, 0.25) is 0 Å². The lowest BCUT2D eigenvalue weighted by Crippen LogP contribution is -2.37. The Labute approximate surface area is 116 Å². The van der Waals surface area contributed by atoms with E-state index < -0.39 is 17.8 Å². The van der Waals surface area contributed by atoms with E-state index >= 15 is 0 Å². The fourth-order valence-electron chi connectivity index (χ4n) is 2.19. The van der Waals surface area contributed by atoms with Crippen LogP contribution in [-0.4, -0.2) is 42.9 Å². The summed E-state index contributed by atoms with van der Waals surface area (Å²) in [4.78, 5) is 2.18. The highest BCUT2D eigenvalue weighted by atomic mass is 19.4. The van der Waals surface area contributed by atoms with E-state index in [1.807, 2.05) is 0 Å². The number of benzene rings is 1. The molecule has 1 heterocycles. The summed E-state index contributed by atoms with van der Waals surface area (Å²) in [7, 11) is 0. The molecule has 0 spiro atoms. The first kappa shape index (κ1) is 15.3. The molecule has 1 atom stereocenters. The van der Waals surface area contributed by atoms with Crippen LogP contribution in [-0.2, 0) is 10.9 Å². The third-order valence-corrected chi connectivity index (χ3v) is 3.45. The first-order valence-electron chi connectivity index (χ1n) is 6.62. The molecular weight excluding hydrogens is 271 g/mol. The van der Waals surface area contributed by atoms with Crippen LogP contribution < -0.4 is 0 Å². The molecule has 1 unspecified atom stereocenters. The number of nitrogens with zero attached hydrogens (tertiary/aromatic N) is 1. The van der Waals surface area contributed by atoms with Crippen LogP contribution in [0.25, 0.3) is 0 Å². The largest absolute Gasteiger partial charge is 0.416 e. The number of hydrogen-bond donors (Lipinski definition) is 1. The maximum atomic E-state index is 12.4. The van der Waals surface area contributed by atoms with Crippen molar-refractivity contribution in [3.8, 4) is 0 Å². The quantitative estimate of drug-likeness (QED) is 0.924. The normalized spacial score (nSPS) is 19.0. The van der Waals surface area contributed by atoms with Gasteiger partial charge >= 0.3 is 6.18 Å². The fourth-order valence-corrected chi connectivity index (χ4v) is 2.19. The predicted molar refractivity (Wildman–Crippen MR) is 68.3 cm³/mol. The molecule has 1 aliphatic rings. The number of aliphatic hydroxyl groups is 1. The molecule has 0 amide bonds. The Morgan fingerprint density at radius 2 is 1.75 bits per heavy atom. The van der Waals surface area contributed by atoms with Gasteiger partial charge in [0.1, 0.15) is 0 Å². The van der Waals surface area contributed by atoms with E-state index in [0.717, 1.165) is 25.2 Å². The highest BCUT2D eigenvalue weighted by molar-refractivity contribution is 5.26. The summed E-state index contributed by atoms with van der Waals surface area (Å²) in [5.74, 6) is 0. The van der Waals surface area contributed by atoms with Gasteiger partial charge in [-0.25, -0.2) is 0 Å². The summed E-state index contributed by atoms with van der Waals surface area (Å²) < 4.78 is 42.5. The molecular formula is C14H18F3NO2. The molecule has 0 aliphatic carbocycles. The Balaban J connectivity index is 1.87.